The molecule has 1 fully saturated rings. The quantitative estimate of drug-likeness (QED) is 0.589. The van der Waals surface area contributed by atoms with Crippen LogP contribution in [0.25, 0.3) is 0 Å². The first-order valence-corrected chi connectivity index (χ1v) is 6.85. The van der Waals surface area contributed by atoms with Crippen molar-refractivity contribution in [3.63, 3.8) is 0 Å². The van der Waals surface area contributed by atoms with Gasteiger partial charge in [0, 0.05) is 13.5 Å². The monoisotopic (exact) mass is 226 g/mol. The first kappa shape index (κ1) is 13.7. The molecule has 0 aliphatic heterocycles. The smallest absolute Gasteiger partial charge is 0.161 e. The highest BCUT2D eigenvalue weighted by Gasteiger charge is 2.29. The number of hydrogen-bond acceptors (Lipinski definition) is 2. The maximum atomic E-state index is 12.0. The van der Waals surface area contributed by atoms with Gasteiger partial charge in [-0.05, 0) is 25.2 Å². The molecule has 0 heterocycles. The molecule has 0 amide bonds. The molecule has 0 aromatic carbocycles. The number of ketones is 1. The van der Waals surface area contributed by atoms with Gasteiger partial charge in [-0.2, -0.15) is 0 Å². The van der Waals surface area contributed by atoms with Crippen LogP contribution in [-0.4, -0.2) is 19.0 Å². The number of rotatable bonds is 8. The summed E-state index contributed by atoms with van der Waals surface area (Å²) in [7, 11) is 1.69. The number of ether oxygens (including phenoxy) is 1. The van der Waals surface area contributed by atoms with Gasteiger partial charge in [0.15, 0.2) is 5.78 Å². The lowest BCUT2D eigenvalue weighted by atomic mass is 9.94. The average molecular weight is 226 g/mol. The maximum Gasteiger partial charge on any atom is 0.161 e. The molecule has 94 valence electrons. The van der Waals surface area contributed by atoms with Gasteiger partial charge >= 0.3 is 0 Å². The minimum atomic E-state index is -0.107. The highest BCUT2D eigenvalue weighted by atomic mass is 16.5. The summed E-state index contributed by atoms with van der Waals surface area (Å²) in [6.07, 6.45) is 10.2. The number of carbonyl (C=O) groups is 1. The van der Waals surface area contributed by atoms with E-state index in [9.17, 15) is 4.79 Å². The van der Waals surface area contributed by atoms with Crippen LogP contribution < -0.4 is 0 Å². The largest absolute Gasteiger partial charge is 0.373 e. The lowest BCUT2D eigenvalue weighted by molar-refractivity contribution is -0.132. The summed E-state index contributed by atoms with van der Waals surface area (Å²) in [6.45, 7) is 2.19. The van der Waals surface area contributed by atoms with Crippen molar-refractivity contribution in [3.05, 3.63) is 0 Å². The van der Waals surface area contributed by atoms with E-state index in [4.69, 9.17) is 4.74 Å². The second-order valence-corrected chi connectivity index (χ2v) is 4.98. The van der Waals surface area contributed by atoms with Crippen molar-refractivity contribution in [3.8, 4) is 0 Å². The molecule has 1 rings (SSSR count). The van der Waals surface area contributed by atoms with Crippen molar-refractivity contribution in [1.82, 2.24) is 0 Å². The van der Waals surface area contributed by atoms with E-state index in [-0.39, 0.29) is 6.10 Å². The molecular weight excluding hydrogens is 200 g/mol. The van der Waals surface area contributed by atoms with Crippen molar-refractivity contribution in [2.24, 2.45) is 5.92 Å². The van der Waals surface area contributed by atoms with Crippen molar-refractivity contribution >= 4 is 5.78 Å². The van der Waals surface area contributed by atoms with E-state index in [0.29, 0.717) is 11.7 Å². The van der Waals surface area contributed by atoms with Gasteiger partial charge in [-0.1, -0.05) is 39.0 Å². The van der Waals surface area contributed by atoms with Crippen molar-refractivity contribution in [1.29, 1.82) is 0 Å². The molecule has 0 radical (unpaired) electrons. The second kappa shape index (κ2) is 7.83. The van der Waals surface area contributed by atoms with Crippen LogP contribution >= 0.6 is 0 Å². The highest BCUT2D eigenvalue weighted by molar-refractivity contribution is 5.83. The fraction of sp³-hybridized carbons (Fsp3) is 0.929. The van der Waals surface area contributed by atoms with Gasteiger partial charge < -0.3 is 4.74 Å². The van der Waals surface area contributed by atoms with E-state index < -0.39 is 0 Å². The Labute approximate surface area is 99.8 Å². The van der Waals surface area contributed by atoms with Gasteiger partial charge in [0.05, 0.1) is 0 Å². The number of methoxy groups -OCH3 is 1. The molecule has 0 aromatic heterocycles. The lowest BCUT2D eigenvalue weighted by Gasteiger charge is -2.20. The molecule has 2 nitrogen and oxygen atoms in total. The zero-order chi connectivity index (χ0) is 11.8. The Kier molecular flexibility index (Phi) is 6.70. The van der Waals surface area contributed by atoms with E-state index in [1.165, 1.54) is 44.9 Å². The summed E-state index contributed by atoms with van der Waals surface area (Å²) in [6, 6.07) is 0. The Morgan fingerprint density at radius 3 is 2.50 bits per heavy atom. The van der Waals surface area contributed by atoms with Gasteiger partial charge in [0.25, 0.3) is 0 Å². The molecule has 0 aromatic rings. The first-order chi connectivity index (χ1) is 7.79. The average Bonchev–Trinajstić information content (AvgIpc) is 2.79. The van der Waals surface area contributed by atoms with Crippen LogP contribution in [0, 0.1) is 5.92 Å². The molecule has 0 N–H and O–H groups in total. The van der Waals surface area contributed by atoms with E-state index in [1.54, 1.807) is 7.11 Å². The molecular formula is C14H26O2. The van der Waals surface area contributed by atoms with Gasteiger partial charge in [0.1, 0.15) is 6.10 Å². The zero-order valence-corrected chi connectivity index (χ0v) is 10.8. The van der Waals surface area contributed by atoms with E-state index in [2.05, 4.69) is 6.92 Å². The minimum Gasteiger partial charge on any atom is -0.373 e. The third-order valence-corrected chi connectivity index (χ3v) is 3.68. The van der Waals surface area contributed by atoms with Crippen LogP contribution in [0.3, 0.4) is 0 Å². The normalized spacial score (nSPS) is 18.9. The summed E-state index contributed by atoms with van der Waals surface area (Å²) >= 11 is 0. The van der Waals surface area contributed by atoms with Crippen LogP contribution in [0.5, 0.6) is 0 Å². The second-order valence-electron chi connectivity index (χ2n) is 4.98. The summed E-state index contributed by atoms with van der Waals surface area (Å²) in [4.78, 5) is 12.0. The van der Waals surface area contributed by atoms with Crippen molar-refractivity contribution < 1.29 is 9.53 Å². The minimum absolute atomic E-state index is 0.107. The molecule has 16 heavy (non-hydrogen) atoms. The Morgan fingerprint density at radius 2 is 1.94 bits per heavy atom. The molecule has 1 saturated carbocycles. The summed E-state index contributed by atoms with van der Waals surface area (Å²) in [5.41, 5.74) is 0. The Morgan fingerprint density at radius 1 is 1.25 bits per heavy atom. The number of Topliss-reactive ketones (excluding diaryl/α,β-unsaturated/α-hetero) is 1. The lowest BCUT2D eigenvalue weighted by Crippen LogP contribution is -2.30. The Hall–Kier alpha value is -0.370. The summed E-state index contributed by atoms with van der Waals surface area (Å²) < 4.78 is 5.40. The molecule has 1 aliphatic carbocycles. The first-order valence-electron chi connectivity index (χ1n) is 6.85. The van der Waals surface area contributed by atoms with E-state index in [1.807, 2.05) is 0 Å². The molecule has 1 unspecified atom stereocenters. The van der Waals surface area contributed by atoms with Gasteiger partial charge in [-0.3, -0.25) is 4.79 Å². The van der Waals surface area contributed by atoms with Crippen LogP contribution in [0.2, 0.25) is 0 Å². The van der Waals surface area contributed by atoms with Crippen LogP contribution in [0.1, 0.15) is 64.7 Å². The number of hydrogen-bond donors (Lipinski definition) is 0. The fourth-order valence-electron chi connectivity index (χ4n) is 2.72. The van der Waals surface area contributed by atoms with E-state index in [0.717, 1.165) is 12.8 Å². The molecule has 2 heteroatoms. The third kappa shape index (κ3) is 4.25. The molecule has 1 aliphatic rings. The molecule has 0 saturated heterocycles. The zero-order valence-electron chi connectivity index (χ0n) is 10.8. The number of unbranched alkanes of at least 4 members (excludes halogenated alkanes) is 3. The Bertz CT molecular complexity index is 195. The molecule has 0 spiro atoms. The van der Waals surface area contributed by atoms with Crippen LogP contribution in [-0.2, 0) is 9.53 Å². The fourth-order valence-corrected chi connectivity index (χ4v) is 2.72. The van der Waals surface area contributed by atoms with Crippen molar-refractivity contribution in [2.45, 2.75) is 70.8 Å². The summed E-state index contributed by atoms with van der Waals surface area (Å²) in [5.74, 6) is 0.842. The van der Waals surface area contributed by atoms with Crippen LogP contribution in [0.4, 0.5) is 0 Å². The summed E-state index contributed by atoms with van der Waals surface area (Å²) in [5, 5.41) is 0. The highest BCUT2D eigenvalue weighted by Crippen LogP contribution is 2.30. The maximum absolute atomic E-state index is 12.0. The van der Waals surface area contributed by atoms with Gasteiger partial charge in [-0.25, -0.2) is 0 Å². The number of carbonyl (C=O) groups excluding carboxylic acids is 1. The van der Waals surface area contributed by atoms with Gasteiger partial charge in [0.2, 0.25) is 0 Å². The van der Waals surface area contributed by atoms with E-state index >= 15 is 0 Å². The standard InChI is InChI=1S/C14H26O2/c1-3-4-5-6-11-13(15)14(16-2)12-9-7-8-10-12/h12,14H,3-11H2,1-2H3. The third-order valence-electron chi connectivity index (χ3n) is 3.68. The Balaban J connectivity index is 2.25. The molecule has 1 atom stereocenters. The predicted octanol–water partition coefficient (Wildman–Crippen LogP) is 3.73. The topological polar surface area (TPSA) is 26.3 Å². The SMILES string of the molecule is CCCCCCC(=O)C(OC)C1CCCC1. The predicted molar refractivity (Wildman–Crippen MR) is 66.5 cm³/mol. The van der Waals surface area contributed by atoms with Gasteiger partial charge in [-0.15, -0.1) is 0 Å². The van der Waals surface area contributed by atoms with Crippen molar-refractivity contribution in [2.75, 3.05) is 7.11 Å². The molecule has 0 bridgehead atoms. The van der Waals surface area contributed by atoms with Crippen LogP contribution in [0.15, 0.2) is 0 Å².